The zero-order valence-electron chi connectivity index (χ0n) is 17.7. The molecule has 1 heterocycles. The first-order valence-corrected chi connectivity index (χ1v) is 11.6. The molecule has 1 N–H and O–H groups in total. The third kappa shape index (κ3) is 3.14. The molecule has 158 valence electrons. The van der Waals surface area contributed by atoms with Crippen LogP contribution in [0.25, 0.3) is 0 Å². The van der Waals surface area contributed by atoms with Crippen molar-refractivity contribution in [3.63, 3.8) is 0 Å². The predicted octanol–water partition coefficient (Wildman–Crippen LogP) is 4.62. The Hall–Kier alpha value is -1.39. The van der Waals surface area contributed by atoms with Gasteiger partial charge in [-0.25, -0.2) is 0 Å². The van der Waals surface area contributed by atoms with Gasteiger partial charge in [-0.05, 0) is 85.5 Å². The third-order valence-electron chi connectivity index (χ3n) is 8.48. The number of carbonyl (C=O) groups excluding carboxylic acids is 1. The van der Waals surface area contributed by atoms with E-state index >= 15 is 0 Å². The SMILES string of the molecule is CC[C@H]1C[C@]2(C)C(=O)[C@H](O)C[C@H]2[C@@H]2CCc3cc(OC4CCCCO4)ccc3[C@@H]12. The zero-order chi connectivity index (χ0) is 20.2. The number of ketones is 1. The second kappa shape index (κ2) is 7.39. The molecule has 0 amide bonds. The number of Topliss-reactive ketones (excluding diaryl/α,β-unsaturated/α-hetero) is 1. The molecule has 0 radical (unpaired) electrons. The second-order valence-electron chi connectivity index (χ2n) is 10.0. The Labute approximate surface area is 174 Å². The molecule has 1 saturated heterocycles. The summed E-state index contributed by atoms with van der Waals surface area (Å²) < 4.78 is 11.9. The summed E-state index contributed by atoms with van der Waals surface area (Å²) in [5.41, 5.74) is 2.53. The Kier molecular flexibility index (Phi) is 4.98. The highest BCUT2D eigenvalue weighted by Crippen LogP contribution is 2.62. The van der Waals surface area contributed by atoms with Crippen molar-refractivity contribution in [2.24, 2.45) is 23.2 Å². The van der Waals surface area contributed by atoms with Crippen LogP contribution >= 0.6 is 0 Å². The van der Waals surface area contributed by atoms with Gasteiger partial charge in [-0.2, -0.15) is 0 Å². The van der Waals surface area contributed by atoms with Gasteiger partial charge in [0.2, 0.25) is 0 Å². The van der Waals surface area contributed by atoms with E-state index in [9.17, 15) is 9.90 Å². The van der Waals surface area contributed by atoms with Crippen LogP contribution in [0.5, 0.6) is 5.75 Å². The molecule has 0 bridgehead atoms. The lowest BCUT2D eigenvalue weighted by atomic mass is 9.51. The Morgan fingerprint density at radius 3 is 2.90 bits per heavy atom. The molecule has 7 atom stereocenters. The van der Waals surface area contributed by atoms with Gasteiger partial charge in [-0.1, -0.05) is 26.3 Å². The number of ether oxygens (including phenoxy) is 2. The van der Waals surface area contributed by atoms with E-state index in [4.69, 9.17) is 9.47 Å². The highest BCUT2D eigenvalue weighted by Gasteiger charge is 2.60. The molecule has 4 heteroatoms. The summed E-state index contributed by atoms with van der Waals surface area (Å²) >= 11 is 0. The summed E-state index contributed by atoms with van der Waals surface area (Å²) in [6.45, 7) is 5.18. The monoisotopic (exact) mass is 398 g/mol. The third-order valence-corrected chi connectivity index (χ3v) is 8.48. The predicted molar refractivity (Wildman–Crippen MR) is 111 cm³/mol. The van der Waals surface area contributed by atoms with Crippen LogP contribution in [0, 0.1) is 23.2 Å². The van der Waals surface area contributed by atoms with Crippen molar-refractivity contribution >= 4 is 5.78 Å². The first kappa shape index (κ1) is 19.6. The maximum absolute atomic E-state index is 12.8. The fourth-order valence-corrected chi connectivity index (χ4v) is 7.08. The number of hydrogen-bond acceptors (Lipinski definition) is 4. The maximum Gasteiger partial charge on any atom is 0.199 e. The van der Waals surface area contributed by atoms with E-state index in [0.717, 1.165) is 50.9 Å². The van der Waals surface area contributed by atoms with Gasteiger partial charge in [0.05, 0.1) is 6.61 Å². The molecule has 3 fully saturated rings. The van der Waals surface area contributed by atoms with Crippen LogP contribution in [0.2, 0.25) is 0 Å². The van der Waals surface area contributed by atoms with Gasteiger partial charge >= 0.3 is 0 Å². The van der Waals surface area contributed by atoms with Crippen molar-refractivity contribution in [2.45, 2.75) is 83.5 Å². The van der Waals surface area contributed by atoms with E-state index < -0.39 is 6.10 Å². The topological polar surface area (TPSA) is 55.8 Å². The molecular formula is C25H34O4. The summed E-state index contributed by atoms with van der Waals surface area (Å²) in [5, 5.41) is 10.4. The van der Waals surface area contributed by atoms with E-state index in [2.05, 4.69) is 32.0 Å². The van der Waals surface area contributed by atoms with Crippen LogP contribution in [0.4, 0.5) is 0 Å². The number of hydrogen-bond donors (Lipinski definition) is 1. The quantitative estimate of drug-likeness (QED) is 0.807. The smallest absolute Gasteiger partial charge is 0.199 e. The minimum atomic E-state index is -0.756. The first-order valence-electron chi connectivity index (χ1n) is 11.6. The van der Waals surface area contributed by atoms with E-state index in [1.165, 1.54) is 17.5 Å². The fraction of sp³-hybridized carbons (Fsp3) is 0.720. The Balaban J connectivity index is 1.43. The molecule has 29 heavy (non-hydrogen) atoms. The van der Waals surface area contributed by atoms with Crippen molar-refractivity contribution in [2.75, 3.05) is 6.61 Å². The lowest BCUT2D eigenvalue weighted by molar-refractivity contribution is -0.136. The van der Waals surface area contributed by atoms with Crippen molar-refractivity contribution in [3.8, 4) is 5.75 Å². The van der Waals surface area contributed by atoms with Gasteiger partial charge in [0.25, 0.3) is 0 Å². The standard InChI is InChI=1S/C25H34O4/c1-3-15-14-25(2)20(13-21(26)24(25)27)19-9-7-16-12-17(8-10-18(16)23(15)19)29-22-6-4-5-11-28-22/h8,10,12,15,19-23,26H,3-7,9,11,13-14H2,1-2H3/t15-,19-,20-,21+,22?,23+,25-/m0/s1. The van der Waals surface area contributed by atoms with Crippen LogP contribution in [0.15, 0.2) is 18.2 Å². The minimum absolute atomic E-state index is 0.0985. The molecule has 1 aliphatic heterocycles. The lowest BCUT2D eigenvalue weighted by Gasteiger charge is -2.52. The minimum Gasteiger partial charge on any atom is -0.465 e. The molecule has 1 aromatic carbocycles. The van der Waals surface area contributed by atoms with Gasteiger partial charge in [0.15, 0.2) is 12.1 Å². The van der Waals surface area contributed by atoms with Crippen LogP contribution in [0.1, 0.15) is 75.8 Å². The molecule has 0 aromatic heterocycles. The summed E-state index contributed by atoms with van der Waals surface area (Å²) in [7, 11) is 0. The largest absolute Gasteiger partial charge is 0.465 e. The maximum atomic E-state index is 12.8. The van der Waals surface area contributed by atoms with E-state index in [1.54, 1.807) is 0 Å². The number of aryl methyl sites for hydroxylation is 1. The van der Waals surface area contributed by atoms with Crippen molar-refractivity contribution < 1.29 is 19.4 Å². The Morgan fingerprint density at radius 2 is 2.14 bits per heavy atom. The Morgan fingerprint density at radius 1 is 1.28 bits per heavy atom. The van der Waals surface area contributed by atoms with Gasteiger partial charge in [0, 0.05) is 11.8 Å². The first-order chi connectivity index (χ1) is 14.0. The molecule has 5 rings (SSSR count). The second-order valence-corrected chi connectivity index (χ2v) is 10.0. The fourth-order valence-electron chi connectivity index (χ4n) is 7.08. The number of aliphatic hydroxyl groups excluding tert-OH is 1. The molecule has 4 nitrogen and oxygen atoms in total. The van der Waals surface area contributed by atoms with Gasteiger partial charge in [-0.3, -0.25) is 4.79 Å². The normalized spacial score (nSPS) is 41.4. The van der Waals surface area contributed by atoms with Crippen molar-refractivity contribution in [3.05, 3.63) is 29.3 Å². The number of aliphatic hydroxyl groups is 1. The van der Waals surface area contributed by atoms with Gasteiger partial charge in [-0.15, -0.1) is 0 Å². The summed E-state index contributed by atoms with van der Waals surface area (Å²) in [6, 6.07) is 6.63. The molecular weight excluding hydrogens is 364 g/mol. The van der Waals surface area contributed by atoms with Crippen LogP contribution in [0.3, 0.4) is 0 Å². The average Bonchev–Trinajstić information content (AvgIpc) is 2.97. The van der Waals surface area contributed by atoms with Gasteiger partial charge in [0.1, 0.15) is 11.9 Å². The van der Waals surface area contributed by atoms with E-state index in [1.807, 2.05) is 0 Å². The van der Waals surface area contributed by atoms with E-state index in [-0.39, 0.29) is 17.5 Å². The number of benzene rings is 1. The van der Waals surface area contributed by atoms with Gasteiger partial charge < -0.3 is 14.6 Å². The number of carbonyl (C=O) groups is 1. The highest BCUT2D eigenvalue weighted by molar-refractivity contribution is 5.91. The van der Waals surface area contributed by atoms with Crippen LogP contribution in [-0.2, 0) is 16.0 Å². The summed E-state index contributed by atoms with van der Waals surface area (Å²) in [5.74, 6) is 2.84. The molecule has 2 saturated carbocycles. The summed E-state index contributed by atoms with van der Waals surface area (Å²) in [4.78, 5) is 12.8. The van der Waals surface area contributed by atoms with Crippen molar-refractivity contribution in [1.82, 2.24) is 0 Å². The van der Waals surface area contributed by atoms with Crippen LogP contribution < -0.4 is 4.74 Å². The van der Waals surface area contributed by atoms with E-state index in [0.29, 0.717) is 30.1 Å². The molecule has 3 aliphatic carbocycles. The molecule has 1 aromatic rings. The Bertz CT molecular complexity index is 783. The van der Waals surface area contributed by atoms with Crippen molar-refractivity contribution in [1.29, 1.82) is 0 Å². The molecule has 1 unspecified atom stereocenters. The zero-order valence-corrected chi connectivity index (χ0v) is 17.7. The lowest BCUT2D eigenvalue weighted by Crippen LogP contribution is -2.47. The highest BCUT2D eigenvalue weighted by atomic mass is 16.7. The molecule has 0 spiro atoms. The number of fused-ring (bicyclic) bond motifs is 5. The summed E-state index contributed by atoms with van der Waals surface area (Å²) in [6.07, 6.45) is 7.20. The number of rotatable bonds is 3. The average molecular weight is 399 g/mol. The molecule has 4 aliphatic rings. The van der Waals surface area contributed by atoms with Crippen LogP contribution in [-0.4, -0.2) is 29.9 Å².